The van der Waals surface area contributed by atoms with Crippen LogP contribution in [-0.2, 0) is 20.0 Å². The van der Waals surface area contributed by atoms with Gasteiger partial charge in [0.2, 0.25) is 0 Å². The van der Waals surface area contributed by atoms with Crippen LogP contribution in [-0.4, -0.2) is 21.4 Å². The molecule has 5 nitrogen and oxygen atoms in total. The van der Waals surface area contributed by atoms with E-state index in [4.69, 9.17) is 10.5 Å². The van der Waals surface area contributed by atoms with Crippen molar-refractivity contribution in [2.45, 2.75) is 19.9 Å². The van der Waals surface area contributed by atoms with Crippen molar-refractivity contribution in [2.75, 3.05) is 6.61 Å². The van der Waals surface area contributed by atoms with E-state index in [0.717, 1.165) is 18.0 Å². The zero-order chi connectivity index (χ0) is 13.0. The number of hydrogen-bond acceptors (Lipinski definition) is 4. The van der Waals surface area contributed by atoms with Gasteiger partial charge in [-0.25, -0.2) is 4.98 Å². The van der Waals surface area contributed by atoms with Gasteiger partial charge in [0, 0.05) is 13.5 Å². The molecule has 0 radical (unpaired) electrons. The number of aromatic nitrogens is 3. The van der Waals surface area contributed by atoms with Crippen LogP contribution >= 0.6 is 0 Å². The van der Waals surface area contributed by atoms with E-state index in [2.05, 4.69) is 10.1 Å². The standard InChI is InChI=1S/C13H18N4O/c1-10-4-3-5-11(8-10)18-7-6-13-15-12(9-14)16-17(13)2/h3-5,8H,6-7,9,14H2,1-2H3. The van der Waals surface area contributed by atoms with Crippen molar-refractivity contribution in [3.63, 3.8) is 0 Å². The Labute approximate surface area is 107 Å². The molecule has 0 fully saturated rings. The van der Waals surface area contributed by atoms with Crippen molar-refractivity contribution in [3.05, 3.63) is 41.5 Å². The molecule has 18 heavy (non-hydrogen) atoms. The maximum absolute atomic E-state index is 5.68. The van der Waals surface area contributed by atoms with Gasteiger partial charge in [-0.2, -0.15) is 5.10 Å². The van der Waals surface area contributed by atoms with Crippen LogP contribution in [0.1, 0.15) is 17.2 Å². The lowest BCUT2D eigenvalue weighted by Gasteiger charge is -2.06. The van der Waals surface area contributed by atoms with Crippen LogP contribution in [0.5, 0.6) is 5.75 Å². The Morgan fingerprint density at radius 1 is 1.39 bits per heavy atom. The second-order valence-corrected chi connectivity index (χ2v) is 4.19. The molecule has 1 heterocycles. The van der Waals surface area contributed by atoms with Gasteiger partial charge in [0.25, 0.3) is 0 Å². The molecule has 2 N–H and O–H groups in total. The lowest BCUT2D eigenvalue weighted by atomic mass is 10.2. The molecule has 0 aliphatic rings. The Morgan fingerprint density at radius 3 is 2.89 bits per heavy atom. The highest BCUT2D eigenvalue weighted by Crippen LogP contribution is 2.12. The summed E-state index contributed by atoms with van der Waals surface area (Å²) < 4.78 is 7.43. The van der Waals surface area contributed by atoms with Gasteiger partial charge < -0.3 is 10.5 Å². The predicted molar refractivity (Wildman–Crippen MR) is 69.3 cm³/mol. The number of rotatable bonds is 5. The van der Waals surface area contributed by atoms with Gasteiger partial charge in [0.05, 0.1) is 13.2 Å². The molecule has 0 saturated heterocycles. The minimum atomic E-state index is 0.368. The second kappa shape index (κ2) is 5.64. The summed E-state index contributed by atoms with van der Waals surface area (Å²) in [4.78, 5) is 4.32. The molecular formula is C13H18N4O. The second-order valence-electron chi connectivity index (χ2n) is 4.19. The maximum Gasteiger partial charge on any atom is 0.164 e. The number of hydrogen-bond donors (Lipinski definition) is 1. The Bertz CT molecular complexity index is 521. The average Bonchev–Trinajstić information content (AvgIpc) is 2.71. The number of aryl methyl sites for hydroxylation is 2. The first-order chi connectivity index (χ1) is 8.69. The third kappa shape index (κ3) is 3.07. The Balaban J connectivity index is 1.90. The Morgan fingerprint density at radius 2 is 2.22 bits per heavy atom. The van der Waals surface area contributed by atoms with Crippen LogP contribution in [0.15, 0.2) is 24.3 Å². The molecule has 0 atom stereocenters. The maximum atomic E-state index is 5.68. The van der Waals surface area contributed by atoms with Gasteiger partial charge in [0.1, 0.15) is 11.6 Å². The lowest BCUT2D eigenvalue weighted by Crippen LogP contribution is -2.07. The molecule has 0 spiro atoms. The van der Waals surface area contributed by atoms with Gasteiger partial charge >= 0.3 is 0 Å². The van der Waals surface area contributed by atoms with Gasteiger partial charge in [-0.05, 0) is 24.6 Å². The summed E-state index contributed by atoms with van der Waals surface area (Å²) in [6, 6.07) is 8.00. The van der Waals surface area contributed by atoms with E-state index in [1.54, 1.807) is 4.68 Å². The monoisotopic (exact) mass is 246 g/mol. The Hall–Kier alpha value is -1.88. The first-order valence-electron chi connectivity index (χ1n) is 5.97. The molecule has 5 heteroatoms. The fourth-order valence-electron chi connectivity index (χ4n) is 1.74. The Kier molecular flexibility index (Phi) is 3.94. The molecule has 0 saturated carbocycles. The van der Waals surface area contributed by atoms with Crippen LogP contribution < -0.4 is 10.5 Å². The van der Waals surface area contributed by atoms with E-state index in [0.29, 0.717) is 19.0 Å². The van der Waals surface area contributed by atoms with Gasteiger partial charge in [0.15, 0.2) is 5.82 Å². The molecule has 1 aromatic carbocycles. The van der Waals surface area contributed by atoms with Crippen LogP contribution in [0.4, 0.5) is 0 Å². The quantitative estimate of drug-likeness (QED) is 0.861. The van der Waals surface area contributed by atoms with Crippen molar-refractivity contribution in [1.29, 1.82) is 0 Å². The van der Waals surface area contributed by atoms with Crippen molar-refractivity contribution < 1.29 is 4.74 Å². The summed E-state index contributed by atoms with van der Waals surface area (Å²) in [6.45, 7) is 3.00. The fraction of sp³-hybridized carbons (Fsp3) is 0.385. The average molecular weight is 246 g/mol. The zero-order valence-electron chi connectivity index (χ0n) is 10.8. The molecule has 96 valence electrons. The predicted octanol–water partition coefficient (Wildman–Crippen LogP) is 1.20. The topological polar surface area (TPSA) is 66.0 Å². The first kappa shape index (κ1) is 12.6. The normalized spacial score (nSPS) is 10.6. The highest BCUT2D eigenvalue weighted by atomic mass is 16.5. The fourth-order valence-corrected chi connectivity index (χ4v) is 1.74. The van der Waals surface area contributed by atoms with E-state index in [1.807, 2.05) is 38.2 Å². The smallest absolute Gasteiger partial charge is 0.164 e. The van der Waals surface area contributed by atoms with Crippen LogP contribution in [0.25, 0.3) is 0 Å². The van der Waals surface area contributed by atoms with Crippen LogP contribution in [0.2, 0.25) is 0 Å². The van der Waals surface area contributed by atoms with E-state index >= 15 is 0 Å². The van der Waals surface area contributed by atoms with Crippen LogP contribution in [0.3, 0.4) is 0 Å². The zero-order valence-corrected chi connectivity index (χ0v) is 10.8. The number of ether oxygens (including phenoxy) is 1. The summed E-state index contributed by atoms with van der Waals surface area (Å²) in [5.74, 6) is 2.45. The van der Waals surface area contributed by atoms with E-state index < -0.39 is 0 Å². The van der Waals surface area contributed by atoms with Crippen molar-refractivity contribution in [1.82, 2.24) is 14.8 Å². The third-order valence-corrected chi connectivity index (χ3v) is 2.66. The van der Waals surface area contributed by atoms with Crippen molar-refractivity contribution in [3.8, 4) is 5.75 Å². The van der Waals surface area contributed by atoms with Gasteiger partial charge in [-0.15, -0.1) is 0 Å². The number of benzene rings is 1. The van der Waals surface area contributed by atoms with Gasteiger partial charge in [-0.3, -0.25) is 4.68 Å². The molecule has 0 amide bonds. The summed E-state index contributed by atoms with van der Waals surface area (Å²) in [5.41, 5.74) is 6.69. The molecule has 2 aromatic rings. The summed E-state index contributed by atoms with van der Waals surface area (Å²) in [7, 11) is 1.87. The molecule has 0 aliphatic carbocycles. The summed E-state index contributed by atoms with van der Waals surface area (Å²) in [5, 5.41) is 4.19. The lowest BCUT2D eigenvalue weighted by molar-refractivity contribution is 0.316. The number of nitrogens with zero attached hydrogens (tertiary/aromatic N) is 3. The van der Waals surface area contributed by atoms with E-state index in [-0.39, 0.29) is 0 Å². The first-order valence-corrected chi connectivity index (χ1v) is 5.97. The largest absolute Gasteiger partial charge is 0.493 e. The molecule has 0 unspecified atom stereocenters. The van der Waals surface area contributed by atoms with Crippen LogP contribution in [0, 0.1) is 6.92 Å². The molecule has 2 rings (SSSR count). The minimum absolute atomic E-state index is 0.368. The molecular weight excluding hydrogens is 228 g/mol. The molecule has 1 aromatic heterocycles. The van der Waals surface area contributed by atoms with Crippen molar-refractivity contribution in [2.24, 2.45) is 12.8 Å². The van der Waals surface area contributed by atoms with Gasteiger partial charge in [-0.1, -0.05) is 12.1 Å². The summed E-state index contributed by atoms with van der Waals surface area (Å²) in [6.07, 6.45) is 0.720. The SMILES string of the molecule is Cc1cccc(OCCc2nc(CN)nn2C)c1. The molecule has 0 bridgehead atoms. The highest BCUT2D eigenvalue weighted by Gasteiger charge is 2.05. The van der Waals surface area contributed by atoms with Crippen molar-refractivity contribution >= 4 is 0 Å². The third-order valence-electron chi connectivity index (χ3n) is 2.66. The number of nitrogens with two attached hydrogens (primary N) is 1. The molecule has 0 aliphatic heterocycles. The van der Waals surface area contributed by atoms with E-state index in [9.17, 15) is 0 Å². The summed E-state index contributed by atoms with van der Waals surface area (Å²) >= 11 is 0. The van der Waals surface area contributed by atoms with E-state index in [1.165, 1.54) is 5.56 Å². The highest BCUT2D eigenvalue weighted by molar-refractivity contribution is 5.27. The minimum Gasteiger partial charge on any atom is -0.493 e.